The number of benzene rings is 2. The second-order valence-corrected chi connectivity index (χ2v) is 5.50. The van der Waals surface area contributed by atoms with Crippen molar-refractivity contribution in [3.8, 4) is 0 Å². The first kappa shape index (κ1) is 19.1. The molecule has 8 nitrogen and oxygen atoms in total. The zero-order valence-corrected chi connectivity index (χ0v) is 14.1. The van der Waals surface area contributed by atoms with E-state index in [9.17, 15) is 19.3 Å². The first-order valence-electron chi connectivity index (χ1n) is 7.83. The van der Waals surface area contributed by atoms with Crippen LogP contribution in [0.1, 0.15) is 5.56 Å². The van der Waals surface area contributed by atoms with Gasteiger partial charge in [0.2, 0.25) is 5.91 Å². The number of carbonyl (C=O) groups is 1. The highest BCUT2D eigenvalue weighted by atomic mass is 19.1. The lowest BCUT2D eigenvalue weighted by molar-refractivity contribution is -0.384. The molecule has 0 spiro atoms. The number of nitro groups is 1. The Morgan fingerprint density at radius 1 is 1.19 bits per heavy atom. The number of aliphatic hydroxyl groups is 1. The number of nitro benzene ring substituents is 1. The number of anilines is 3. The summed E-state index contributed by atoms with van der Waals surface area (Å²) in [4.78, 5) is 22.4. The molecule has 0 unspecified atom stereocenters. The summed E-state index contributed by atoms with van der Waals surface area (Å²) in [5.74, 6) is -0.863. The monoisotopic (exact) mass is 362 g/mol. The fourth-order valence-corrected chi connectivity index (χ4v) is 2.19. The number of halogens is 1. The van der Waals surface area contributed by atoms with Crippen LogP contribution in [0.4, 0.5) is 27.1 Å². The third-order valence-corrected chi connectivity index (χ3v) is 3.54. The molecule has 0 saturated carbocycles. The number of aliphatic hydroxyl groups excluding tert-OH is 1. The highest BCUT2D eigenvalue weighted by molar-refractivity contribution is 5.94. The highest BCUT2D eigenvalue weighted by Crippen LogP contribution is 2.26. The Kier molecular flexibility index (Phi) is 6.45. The summed E-state index contributed by atoms with van der Waals surface area (Å²) >= 11 is 0. The maximum absolute atomic E-state index is 13.5. The fourth-order valence-electron chi connectivity index (χ4n) is 2.19. The number of nitrogens with one attached hydrogen (secondary N) is 3. The van der Waals surface area contributed by atoms with Crippen molar-refractivity contribution < 1.29 is 19.2 Å². The normalized spacial score (nSPS) is 10.3. The molecule has 138 valence electrons. The van der Waals surface area contributed by atoms with Crippen LogP contribution in [0.3, 0.4) is 0 Å². The molecule has 0 radical (unpaired) electrons. The number of rotatable bonds is 8. The second-order valence-electron chi connectivity index (χ2n) is 5.50. The van der Waals surface area contributed by atoms with Crippen molar-refractivity contribution in [2.24, 2.45) is 0 Å². The SMILES string of the molecule is Cc1ccc(NC(=O)CNc2cc([N+](=O)[O-])ccc2NCCO)cc1F. The van der Waals surface area contributed by atoms with Gasteiger partial charge in [-0.25, -0.2) is 4.39 Å². The molecule has 2 aromatic carbocycles. The van der Waals surface area contributed by atoms with E-state index < -0.39 is 16.6 Å². The third-order valence-electron chi connectivity index (χ3n) is 3.54. The van der Waals surface area contributed by atoms with Crippen molar-refractivity contribution in [3.05, 3.63) is 57.9 Å². The first-order chi connectivity index (χ1) is 12.4. The molecule has 9 heteroatoms. The minimum Gasteiger partial charge on any atom is -0.395 e. The first-order valence-corrected chi connectivity index (χ1v) is 7.83. The van der Waals surface area contributed by atoms with Crippen LogP contribution in [0, 0.1) is 22.9 Å². The number of aryl methyl sites for hydroxylation is 1. The number of non-ortho nitro benzene ring substituents is 1. The van der Waals surface area contributed by atoms with Crippen LogP contribution < -0.4 is 16.0 Å². The maximum atomic E-state index is 13.5. The molecule has 4 N–H and O–H groups in total. The van der Waals surface area contributed by atoms with Crippen molar-refractivity contribution in [2.45, 2.75) is 6.92 Å². The molecular formula is C17H19FN4O4. The van der Waals surface area contributed by atoms with E-state index in [4.69, 9.17) is 5.11 Å². The summed E-state index contributed by atoms with van der Waals surface area (Å²) in [5, 5.41) is 28.1. The van der Waals surface area contributed by atoms with Gasteiger partial charge in [0.1, 0.15) is 5.82 Å². The van der Waals surface area contributed by atoms with Gasteiger partial charge in [-0.1, -0.05) is 6.07 Å². The molecule has 0 fully saturated rings. The van der Waals surface area contributed by atoms with Gasteiger partial charge in [-0.05, 0) is 30.7 Å². The van der Waals surface area contributed by atoms with Crippen LogP contribution >= 0.6 is 0 Å². The van der Waals surface area contributed by atoms with Crippen LogP contribution in [-0.2, 0) is 4.79 Å². The Balaban J connectivity index is 2.06. The standard InChI is InChI=1S/C17H19FN4O4/c1-11-2-3-12(8-14(11)18)21-17(24)10-20-16-9-13(22(25)26)4-5-15(16)19-6-7-23/h2-5,8-9,19-20,23H,6-7,10H2,1H3,(H,21,24). The predicted molar refractivity (Wildman–Crippen MR) is 96.9 cm³/mol. The third kappa shape index (κ3) is 5.15. The van der Waals surface area contributed by atoms with Crippen LogP contribution in [0.2, 0.25) is 0 Å². The summed E-state index contributed by atoms with van der Waals surface area (Å²) in [6, 6.07) is 8.45. The molecule has 0 saturated heterocycles. The molecule has 26 heavy (non-hydrogen) atoms. The quantitative estimate of drug-likeness (QED) is 0.423. The van der Waals surface area contributed by atoms with Gasteiger partial charge in [0, 0.05) is 24.4 Å². The minimum atomic E-state index is -0.545. The molecule has 0 atom stereocenters. The predicted octanol–water partition coefficient (Wildman–Crippen LogP) is 2.50. The Morgan fingerprint density at radius 2 is 1.96 bits per heavy atom. The van der Waals surface area contributed by atoms with Crippen LogP contribution in [0.25, 0.3) is 0 Å². The molecule has 0 aliphatic heterocycles. The van der Waals surface area contributed by atoms with E-state index in [-0.39, 0.29) is 25.4 Å². The van der Waals surface area contributed by atoms with Gasteiger partial charge in [0.15, 0.2) is 0 Å². The molecule has 2 rings (SSSR count). The number of nitrogens with zero attached hydrogens (tertiary/aromatic N) is 1. The van der Waals surface area contributed by atoms with E-state index in [1.54, 1.807) is 19.1 Å². The van der Waals surface area contributed by atoms with Gasteiger partial charge >= 0.3 is 0 Å². The second kappa shape index (κ2) is 8.77. The van der Waals surface area contributed by atoms with Crippen LogP contribution in [0.15, 0.2) is 36.4 Å². The fraction of sp³-hybridized carbons (Fsp3) is 0.235. The van der Waals surface area contributed by atoms with Crippen molar-refractivity contribution in [2.75, 3.05) is 35.6 Å². The van der Waals surface area contributed by atoms with Crippen molar-refractivity contribution >= 4 is 28.7 Å². The number of hydrogen-bond acceptors (Lipinski definition) is 6. The minimum absolute atomic E-state index is 0.115. The van der Waals surface area contributed by atoms with E-state index in [2.05, 4.69) is 16.0 Å². The molecule has 0 heterocycles. The topological polar surface area (TPSA) is 117 Å². The molecule has 0 bridgehead atoms. The van der Waals surface area contributed by atoms with Gasteiger partial charge in [-0.15, -0.1) is 0 Å². The lowest BCUT2D eigenvalue weighted by atomic mass is 10.2. The molecule has 0 aliphatic carbocycles. The summed E-state index contributed by atoms with van der Waals surface area (Å²) < 4.78 is 13.5. The average Bonchev–Trinajstić information content (AvgIpc) is 2.61. The number of amides is 1. The lowest BCUT2D eigenvalue weighted by Crippen LogP contribution is -2.22. The molecule has 2 aromatic rings. The summed E-state index contributed by atoms with van der Waals surface area (Å²) in [6.07, 6.45) is 0. The molecular weight excluding hydrogens is 343 g/mol. The lowest BCUT2D eigenvalue weighted by Gasteiger charge is -2.13. The number of carbonyl (C=O) groups excluding carboxylic acids is 1. The Morgan fingerprint density at radius 3 is 2.62 bits per heavy atom. The van der Waals surface area contributed by atoms with Crippen LogP contribution in [0.5, 0.6) is 0 Å². The zero-order chi connectivity index (χ0) is 19.1. The van der Waals surface area contributed by atoms with Crippen molar-refractivity contribution in [1.29, 1.82) is 0 Å². The van der Waals surface area contributed by atoms with E-state index in [0.29, 0.717) is 22.6 Å². The summed E-state index contributed by atoms with van der Waals surface area (Å²) in [5.41, 5.74) is 1.51. The van der Waals surface area contributed by atoms with Crippen LogP contribution in [-0.4, -0.2) is 35.6 Å². The smallest absolute Gasteiger partial charge is 0.271 e. The van der Waals surface area contributed by atoms with E-state index in [0.717, 1.165) is 0 Å². The van der Waals surface area contributed by atoms with E-state index in [1.807, 2.05) is 0 Å². The van der Waals surface area contributed by atoms with Crippen molar-refractivity contribution in [3.63, 3.8) is 0 Å². The van der Waals surface area contributed by atoms with Crippen molar-refractivity contribution in [1.82, 2.24) is 0 Å². The average molecular weight is 362 g/mol. The Hall–Kier alpha value is -3.20. The van der Waals surface area contributed by atoms with Gasteiger partial charge in [-0.3, -0.25) is 14.9 Å². The Labute approximate surface area is 149 Å². The highest BCUT2D eigenvalue weighted by Gasteiger charge is 2.12. The van der Waals surface area contributed by atoms with Gasteiger partial charge < -0.3 is 21.1 Å². The van der Waals surface area contributed by atoms with Gasteiger partial charge in [-0.2, -0.15) is 0 Å². The van der Waals surface area contributed by atoms with E-state index >= 15 is 0 Å². The largest absolute Gasteiger partial charge is 0.395 e. The maximum Gasteiger partial charge on any atom is 0.271 e. The summed E-state index contributed by atoms with van der Waals surface area (Å²) in [7, 11) is 0. The molecule has 0 aliphatic rings. The van der Waals surface area contributed by atoms with Gasteiger partial charge in [0.05, 0.1) is 29.4 Å². The molecule has 0 aromatic heterocycles. The number of hydrogen-bond donors (Lipinski definition) is 4. The summed E-state index contributed by atoms with van der Waals surface area (Å²) in [6.45, 7) is 1.58. The van der Waals surface area contributed by atoms with E-state index in [1.165, 1.54) is 24.3 Å². The Bertz CT molecular complexity index is 813. The zero-order valence-electron chi connectivity index (χ0n) is 14.1. The van der Waals surface area contributed by atoms with Gasteiger partial charge in [0.25, 0.3) is 5.69 Å². The molecule has 1 amide bonds.